The van der Waals surface area contributed by atoms with Crippen molar-refractivity contribution in [3.05, 3.63) is 23.8 Å². The third-order valence-electron chi connectivity index (χ3n) is 4.95. The lowest BCUT2D eigenvalue weighted by atomic mass is 9.99. The SMILES string of the molecule is COc1cc(C)ccc1S(=O)(=O)N[C@@H]1CN(C(C)=O)C[C@H]1C1CC1. The van der Waals surface area contributed by atoms with Crippen molar-refractivity contribution < 1.29 is 17.9 Å². The van der Waals surface area contributed by atoms with Gasteiger partial charge in [-0.05, 0) is 49.3 Å². The highest BCUT2D eigenvalue weighted by molar-refractivity contribution is 7.89. The lowest BCUT2D eigenvalue weighted by Crippen LogP contribution is -2.41. The minimum atomic E-state index is -3.70. The molecule has 1 N–H and O–H groups in total. The van der Waals surface area contributed by atoms with Gasteiger partial charge in [-0.1, -0.05) is 6.07 Å². The van der Waals surface area contributed by atoms with Crippen molar-refractivity contribution in [1.29, 1.82) is 0 Å². The molecule has 132 valence electrons. The standard InChI is InChI=1S/C17H24N2O4S/c1-11-4-7-17(16(8-11)23-3)24(21,22)18-15-10-19(12(2)20)9-14(15)13-5-6-13/h4,7-8,13-15,18H,5-6,9-10H2,1-3H3/t14-,15+/m0/s1. The van der Waals surface area contributed by atoms with Crippen LogP contribution in [0.15, 0.2) is 23.1 Å². The number of nitrogens with zero attached hydrogens (tertiary/aromatic N) is 1. The molecule has 0 unspecified atom stereocenters. The Morgan fingerprint density at radius 1 is 1.29 bits per heavy atom. The van der Waals surface area contributed by atoms with Crippen LogP contribution in [-0.2, 0) is 14.8 Å². The smallest absolute Gasteiger partial charge is 0.244 e. The number of ether oxygens (including phenoxy) is 1. The fourth-order valence-electron chi connectivity index (χ4n) is 3.47. The van der Waals surface area contributed by atoms with Gasteiger partial charge in [0.25, 0.3) is 0 Å². The molecule has 24 heavy (non-hydrogen) atoms. The number of carbonyl (C=O) groups is 1. The Morgan fingerprint density at radius 2 is 2.00 bits per heavy atom. The van der Waals surface area contributed by atoms with E-state index in [-0.39, 0.29) is 22.8 Å². The lowest BCUT2D eigenvalue weighted by Gasteiger charge is -2.20. The Hall–Kier alpha value is -1.60. The van der Waals surface area contributed by atoms with Crippen LogP contribution in [-0.4, -0.2) is 45.5 Å². The van der Waals surface area contributed by atoms with E-state index in [1.807, 2.05) is 6.92 Å². The van der Waals surface area contributed by atoms with Crippen LogP contribution in [0.4, 0.5) is 0 Å². The van der Waals surface area contributed by atoms with Crippen LogP contribution in [0, 0.1) is 18.8 Å². The number of aryl methyl sites for hydroxylation is 1. The van der Waals surface area contributed by atoms with Crippen LogP contribution in [0.25, 0.3) is 0 Å². The monoisotopic (exact) mass is 352 g/mol. The predicted molar refractivity (Wildman–Crippen MR) is 90.3 cm³/mol. The Bertz CT molecular complexity index is 743. The van der Waals surface area contributed by atoms with Crippen molar-refractivity contribution in [1.82, 2.24) is 9.62 Å². The summed E-state index contributed by atoms with van der Waals surface area (Å²) in [6.45, 7) is 4.49. The fourth-order valence-corrected chi connectivity index (χ4v) is 4.90. The fraction of sp³-hybridized carbons (Fsp3) is 0.588. The summed E-state index contributed by atoms with van der Waals surface area (Å²) < 4.78 is 33.8. The molecule has 3 rings (SSSR count). The molecule has 0 spiro atoms. The molecule has 1 aromatic rings. The number of amides is 1. The van der Waals surface area contributed by atoms with Gasteiger partial charge < -0.3 is 9.64 Å². The first kappa shape index (κ1) is 17.2. The van der Waals surface area contributed by atoms with E-state index in [1.165, 1.54) is 14.0 Å². The molecule has 1 aliphatic carbocycles. The zero-order valence-electron chi connectivity index (χ0n) is 14.3. The average molecular weight is 352 g/mol. The van der Waals surface area contributed by atoms with Crippen LogP contribution < -0.4 is 9.46 Å². The quantitative estimate of drug-likeness (QED) is 0.872. The number of likely N-dealkylation sites (tertiary alicyclic amines) is 1. The number of benzene rings is 1. The maximum Gasteiger partial charge on any atom is 0.244 e. The molecule has 1 saturated carbocycles. The van der Waals surface area contributed by atoms with Crippen molar-refractivity contribution >= 4 is 15.9 Å². The summed E-state index contributed by atoms with van der Waals surface area (Å²) in [5.74, 6) is 1.05. The van der Waals surface area contributed by atoms with E-state index < -0.39 is 10.0 Å². The third-order valence-corrected chi connectivity index (χ3v) is 6.48. The van der Waals surface area contributed by atoms with Crippen molar-refractivity contribution in [3.8, 4) is 5.75 Å². The van der Waals surface area contributed by atoms with Gasteiger partial charge in [0.2, 0.25) is 15.9 Å². The summed E-state index contributed by atoms with van der Waals surface area (Å²) >= 11 is 0. The molecule has 1 saturated heterocycles. The van der Waals surface area contributed by atoms with Crippen molar-refractivity contribution in [2.75, 3.05) is 20.2 Å². The van der Waals surface area contributed by atoms with Gasteiger partial charge in [0.05, 0.1) is 7.11 Å². The molecule has 1 aliphatic heterocycles. The first-order valence-electron chi connectivity index (χ1n) is 8.24. The summed E-state index contributed by atoms with van der Waals surface area (Å²) in [5.41, 5.74) is 0.935. The predicted octanol–water partition coefficient (Wildman–Crippen LogP) is 1.54. The van der Waals surface area contributed by atoms with Crippen LogP contribution in [0.1, 0.15) is 25.3 Å². The second-order valence-electron chi connectivity index (χ2n) is 6.81. The number of sulfonamides is 1. The zero-order valence-corrected chi connectivity index (χ0v) is 15.1. The molecule has 7 heteroatoms. The molecule has 2 atom stereocenters. The maximum absolute atomic E-state index is 12.8. The van der Waals surface area contributed by atoms with Gasteiger partial charge in [0, 0.05) is 26.1 Å². The Morgan fingerprint density at radius 3 is 2.58 bits per heavy atom. The van der Waals surface area contributed by atoms with Crippen molar-refractivity contribution in [3.63, 3.8) is 0 Å². The normalized spacial score (nSPS) is 24.2. The molecule has 0 radical (unpaired) electrons. The molecule has 2 fully saturated rings. The summed E-state index contributed by atoms with van der Waals surface area (Å²) in [7, 11) is -2.24. The van der Waals surface area contributed by atoms with Gasteiger partial charge in [0.15, 0.2) is 0 Å². The number of hydrogen-bond acceptors (Lipinski definition) is 4. The number of carbonyl (C=O) groups excluding carboxylic acids is 1. The highest BCUT2D eigenvalue weighted by Gasteiger charge is 2.44. The Kier molecular flexibility index (Phi) is 4.57. The van der Waals surface area contributed by atoms with Gasteiger partial charge in [0.1, 0.15) is 10.6 Å². The molecule has 0 bridgehead atoms. The molecular weight excluding hydrogens is 328 g/mol. The van der Waals surface area contributed by atoms with E-state index in [4.69, 9.17) is 4.74 Å². The third kappa shape index (κ3) is 3.42. The van der Waals surface area contributed by atoms with Gasteiger partial charge >= 0.3 is 0 Å². The average Bonchev–Trinajstić information content (AvgIpc) is 3.27. The number of rotatable bonds is 5. The molecule has 1 heterocycles. The van der Waals surface area contributed by atoms with E-state index >= 15 is 0 Å². The molecule has 1 aromatic carbocycles. The first-order valence-corrected chi connectivity index (χ1v) is 9.72. The largest absolute Gasteiger partial charge is 0.495 e. The Balaban J connectivity index is 1.84. The molecule has 2 aliphatic rings. The number of methoxy groups -OCH3 is 1. The van der Waals surface area contributed by atoms with Crippen LogP contribution >= 0.6 is 0 Å². The molecule has 1 amide bonds. The highest BCUT2D eigenvalue weighted by Crippen LogP contribution is 2.42. The van der Waals surface area contributed by atoms with Crippen LogP contribution in [0.3, 0.4) is 0 Å². The highest BCUT2D eigenvalue weighted by atomic mass is 32.2. The molecular formula is C17H24N2O4S. The number of nitrogens with one attached hydrogen (secondary N) is 1. The van der Waals surface area contributed by atoms with Crippen LogP contribution in [0.2, 0.25) is 0 Å². The summed E-state index contributed by atoms with van der Waals surface area (Å²) in [6.07, 6.45) is 2.23. The van der Waals surface area contributed by atoms with E-state index in [0.29, 0.717) is 24.8 Å². The topological polar surface area (TPSA) is 75.7 Å². The lowest BCUT2D eigenvalue weighted by molar-refractivity contribution is -0.128. The van der Waals surface area contributed by atoms with Gasteiger partial charge in [-0.25, -0.2) is 13.1 Å². The van der Waals surface area contributed by atoms with Crippen molar-refractivity contribution in [2.45, 2.75) is 37.6 Å². The summed E-state index contributed by atoms with van der Waals surface area (Å²) in [4.78, 5) is 13.6. The number of hydrogen-bond donors (Lipinski definition) is 1. The minimum Gasteiger partial charge on any atom is -0.495 e. The first-order chi connectivity index (χ1) is 11.3. The van der Waals surface area contributed by atoms with Gasteiger partial charge in [-0.15, -0.1) is 0 Å². The molecule has 6 nitrogen and oxygen atoms in total. The zero-order chi connectivity index (χ0) is 17.5. The molecule has 0 aromatic heterocycles. The Labute approximate surface area is 143 Å². The van der Waals surface area contributed by atoms with Crippen LogP contribution in [0.5, 0.6) is 5.75 Å². The van der Waals surface area contributed by atoms with Crippen molar-refractivity contribution in [2.24, 2.45) is 11.8 Å². The minimum absolute atomic E-state index is 0.00438. The second kappa shape index (κ2) is 6.37. The second-order valence-corrected chi connectivity index (χ2v) is 8.49. The summed E-state index contributed by atoms with van der Waals surface area (Å²) in [6, 6.07) is 4.80. The van der Waals surface area contributed by atoms with E-state index in [2.05, 4.69) is 4.72 Å². The van der Waals surface area contributed by atoms with Gasteiger partial charge in [-0.2, -0.15) is 0 Å². The van der Waals surface area contributed by atoms with E-state index in [1.54, 1.807) is 23.1 Å². The maximum atomic E-state index is 12.8. The van der Waals surface area contributed by atoms with E-state index in [9.17, 15) is 13.2 Å². The van der Waals surface area contributed by atoms with E-state index in [0.717, 1.165) is 18.4 Å². The van der Waals surface area contributed by atoms with Gasteiger partial charge in [-0.3, -0.25) is 4.79 Å². The summed E-state index contributed by atoms with van der Waals surface area (Å²) in [5, 5.41) is 0.